The van der Waals surface area contributed by atoms with Crippen molar-refractivity contribution < 1.29 is 9.53 Å². The van der Waals surface area contributed by atoms with Crippen LogP contribution in [0.25, 0.3) is 0 Å². The standard InChI is InChI=1S/C20H27Br5O2/c1-19(2,3)9-11(20(4,5)6)7-8-13(26)27-10-12-14(21)16(23)18(25)17(24)15(12)22/h11H,7-10H2,1-6H3. The molecule has 0 saturated carbocycles. The Labute approximate surface area is 205 Å². The van der Waals surface area contributed by atoms with E-state index in [0.29, 0.717) is 12.3 Å². The van der Waals surface area contributed by atoms with Crippen molar-refractivity contribution in [1.82, 2.24) is 0 Å². The van der Waals surface area contributed by atoms with Gasteiger partial charge in [0.1, 0.15) is 6.61 Å². The highest BCUT2D eigenvalue weighted by Gasteiger charge is 2.29. The van der Waals surface area contributed by atoms with Crippen LogP contribution in [0.3, 0.4) is 0 Å². The smallest absolute Gasteiger partial charge is 0.306 e. The average Bonchev–Trinajstić information content (AvgIpc) is 2.53. The van der Waals surface area contributed by atoms with E-state index in [-0.39, 0.29) is 23.4 Å². The maximum Gasteiger partial charge on any atom is 0.306 e. The number of ether oxygens (including phenoxy) is 1. The van der Waals surface area contributed by atoms with E-state index in [2.05, 4.69) is 121 Å². The molecular formula is C20H27Br5O2. The van der Waals surface area contributed by atoms with Gasteiger partial charge in [-0.2, -0.15) is 0 Å². The SMILES string of the molecule is CC(C)(C)CC(CCC(=O)OCc1c(Br)c(Br)c(Br)c(Br)c1Br)C(C)(C)C. The summed E-state index contributed by atoms with van der Waals surface area (Å²) in [6, 6.07) is 0. The fourth-order valence-corrected chi connectivity index (χ4v) is 6.23. The molecule has 7 heteroatoms. The molecule has 0 amide bonds. The zero-order valence-electron chi connectivity index (χ0n) is 16.6. The molecule has 0 aliphatic heterocycles. The van der Waals surface area contributed by atoms with Crippen molar-refractivity contribution in [2.75, 3.05) is 0 Å². The summed E-state index contributed by atoms with van der Waals surface area (Å²) in [7, 11) is 0. The van der Waals surface area contributed by atoms with E-state index in [1.807, 2.05) is 0 Å². The summed E-state index contributed by atoms with van der Waals surface area (Å²) in [5.41, 5.74) is 1.29. The fourth-order valence-electron chi connectivity index (χ4n) is 2.87. The molecule has 0 radical (unpaired) electrons. The lowest BCUT2D eigenvalue weighted by molar-refractivity contribution is -0.145. The van der Waals surface area contributed by atoms with Gasteiger partial charge in [-0.1, -0.05) is 41.5 Å². The Bertz CT molecular complexity index is 658. The number of carbonyl (C=O) groups excluding carboxylic acids is 1. The normalized spacial score (nSPS) is 13.6. The van der Waals surface area contributed by atoms with Gasteiger partial charge in [0.05, 0.1) is 0 Å². The number of rotatable bonds is 6. The summed E-state index contributed by atoms with van der Waals surface area (Å²) in [4.78, 5) is 12.4. The van der Waals surface area contributed by atoms with Crippen molar-refractivity contribution in [1.29, 1.82) is 0 Å². The zero-order chi connectivity index (χ0) is 21.2. The number of halogens is 5. The van der Waals surface area contributed by atoms with Crippen molar-refractivity contribution >= 4 is 85.6 Å². The van der Waals surface area contributed by atoms with E-state index in [1.165, 1.54) is 0 Å². The topological polar surface area (TPSA) is 26.3 Å². The predicted octanol–water partition coefficient (Wildman–Crippen LogP) is 9.42. The van der Waals surface area contributed by atoms with E-state index < -0.39 is 0 Å². The van der Waals surface area contributed by atoms with Crippen LogP contribution in [0.5, 0.6) is 0 Å². The van der Waals surface area contributed by atoms with Crippen LogP contribution in [0.2, 0.25) is 0 Å². The summed E-state index contributed by atoms with van der Waals surface area (Å²) < 4.78 is 9.94. The van der Waals surface area contributed by atoms with Gasteiger partial charge < -0.3 is 4.74 Å². The number of hydrogen-bond acceptors (Lipinski definition) is 2. The molecule has 1 aromatic carbocycles. The lowest BCUT2D eigenvalue weighted by Gasteiger charge is -2.35. The van der Waals surface area contributed by atoms with Crippen molar-refractivity contribution in [3.8, 4) is 0 Å². The third kappa shape index (κ3) is 8.03. The molecule has 0 heterocycles. The van der Waals surface area contributed by atoms with Crippen LogP contribution in [0.4, 0.5) is 0 Å². The van der Waals surface area contributed by atoms with Gasteiger partial charge in [0, 0.05) is 34.3 Å². The second-order valence-electron chi connectivity index (χ2n) is 9.08. The highest BCUT2D eigenvalue weighted by atomic mass is 79.9. The van der Waals surface area contributed by atoms with Crippen molar-refractivity contribution in [2.24, 2.45) is 16.7 Å². The van der Waals surface area contributed by atoms with E-state index >= 15 is 0 Å². The predicted molar refractivity (Wildman–Crippen MR) is 131 cm³/mol. The number of benzene rings is 1. The molecule has 0 bridgehead atoms. The van der Waals surface area contributed by atoms with Gasteiger partial charge in [0.2, 0.25) is 0 Å². The van der Waals surface area contributed by atoms with Gasteiger partial charge in [-0.25, -0.2) is 0 Å². The Morgan fingerprint density at radius 2 is 1.30 bits per heavy atom. The maximum atomic E-state index is 12.4. The van der Waals surface area contributed by atoms with Gasteiger partial charge >= 0.3 is 5.97 Å². The maximum absolute atomic E-state index is 12.4. The van der Waals surface area contributed by atoms with Crippen LogP contribution in [0.1, 0.15) is 66.4 Å². The molecule has 2 nitrogen and oxygen atoms in total. The summed E-state index contributed by atoms with van der Waals surface area (Å²) in [5.74, 6) is 0.312. The quantitative estimate of drug-likeness (QED) is 0.168. The molecular weight excluding hydrogens is 672 g/mol. The zero-order valence-corrected chi connectivity index (χ0v) is 24.5. The molecule has 27 heavy (non-hydrogen) atoms. The van der Waals surface area contributed by atoms with Crippen LogP contribution < -0.4 is 0 Å². The van der Waals surface area contributed by atoms with Crippen molar-refractivity contribution in [3.05, 3.63) is 27.9 Å². The van der Waals surface area contributed by atoms with Gasteiger partial charge in [-0.3, -0.25) is 4.79 Å². The highest BCUT2D eigenvalue weighted by Crippen LogP contribution is 2.45. The van der Waals surface area contributed by atoms with Crippen LogP contribution in [0.15, 0.2) is 22.4 Å². The van der Waals surface area contributed by atoms with Crippen LogP contribution in [-0.2, 0) is 16.1 Å². The summed E-state index contributed by atoms with van der Waals surface area (Å²) in [5, 5.41) is 0. The molecule has 0 N–H and O–H groups in total. The van der Waals surface area contributed by atoms with Crippen molar-refractivity contribution in [2.45, 2.75) is 67.4 Å². The first-order valence-electron chi connectivity index (χ1n) is 8.81. The van der Waals surface area contributed by atoms with E-state index in [4.69, 9.17) is 4.74 Å². The first kappa shape index (κ1) is 26.1. The monoisotopic (exact) mass is 694 g/mol. The third-order valence-corrected chi connectivity index (χ3v) is 10.7. The number of hydrogen-bond donors (Lipinski definition) is 0. The first-order chi connectivity index (χ1) is 12.1. The Hall–Kier alpha value is 1.09. The molecule has 0 spiro atoms. The molecule has 0 aliphatic carbocycles. The molecule has 0 aliphatic rings. The molecule has 1 atom stereocenters. The van der Waals surface area contributed by atoms with Gasteiger partial charge in [-0.05, 0) is 109 Å². The molecule has 0 fully saturated rings. The Kier molecular flexibility index (Phi) is 10.1. The minimum absolute atomic E-state index is 0.160. The van der Waals surface area contributed by atoms with Crippen molar-refractivity contribution in [3.63, 3.8) is 0 Å². The second kappa shape index (κ2) is 10.4. The lowest BCUT2D eigenvalue weighted by Crippen LogP contribution is -2.26. The summed E-state index contributed by atoms with van der Waals surface area (Å²) in [6.07, 6.45) is 2.37. The van der Waals surface area contributed by atoms with Crippen LogP contribution in [-0.4, -0.2) is 5.97 Å². The van der Waals surface area contributed by atoms with Crippen LogP contribution >= 0.6 is 79.6 Å². The van der Waals surface area contributed by atoms with E-state index in [9.17, 15) is 4.79 Å². The average molecular weight is 699 g/mol. The molecule has 1 aromatic rings. The highest BCUT2D eigenvalue weighted by molar-refractivity contribution is 9.15. The number of esters is 1. The molecule has 0 saturated heterocycles. The lowest BCUT2D eigenvalue weighted by atomic mass is 9.70. The summed E-state index contributed by atoms with van der Waals surface area (Å²) >= 11 is 17.7. The molecule has 0 aromatic heterocycles. The molecule has 1 rings (SSSR count). The Morgan fingerprint density at radius 1 is 0.852 bits per heavy atom. The Morgan fingerprint density at radius 3 is 1.70 bits per heavy atom. The third-order valence-electron chi connectivity index (χ3n) is 4.46. The molecule has 1 unspecified atom stereocenters. The summed E-state index contributed by atoms with van der Waals surface area (Å²) in [6.45, 7) is 13.7. The van der Waals surface area contributed by atoms with E-state index in [1.54, 1.807) is 0 Å². The van der Waals surface area contributed by atoms with Gasteiger partial charge in [0.15, 0.2) is 0 Å². The van der Waals surface area contributed by atoms with Crippen LogP contribution in [0, 0.1) is 16.7 Å². The van der Waals surface area contributed by atoms with E-state index in [0.717, 1.165) is 40.8 Å². The molecule has 154 valence electrons. The largest absolute Gasteiger partial charge is 0.461 e. The fraction of sp³-hybridized carbons (Fsp3) is 0.650. The second-order valence-corrected chi connectivity index (χ2v) is 13.0. The number of carbonyl (C=O) groups is 1. The minimum atomic E-state index is -0.160. The van der Waals surface area contributed by atoms with Gasteiger partial charge in [0.25, 0.3) is 0 Å². The first-order valence-corrected chi connectivity index (χ1v) is 12.8. The Balaban J connectivity index is 2.76. The minimum Gasteiger partial charge on any atom is -0.461 e. The van der Waals surface area contributed by atoms with Gasteiger partial charge in [-0.15, -0.1) is 0 Å².